The largest absolute Gasteiger partial charge is 0.378 e. The molecule has 1 unspecified atom stereocenters. The minimum Gasteiger partial charge on any atom is -0.378 e. The number of halogens is 2. The molecule has 1 aliphatic heterocycles. The maximum absolute atomic E-state index is 6.04. The van der Waals surface area contributed by atoms with Crippen LogP contribution in [-0.2, 0) is 11.2 Å². The Hall–Kier alpha value is 0.0600. The fourth-order valence-electron chi connectivity index (χ4n) is 1.84. The molecule has 3 nitrogen and oxygen atoms in total. The summed E-state index contributed by atoms with van der Waals surface area (Å²) in [4.78, 5) is 8.74. The lowest BCUT2D eigenvalue weighted by molar-refractivity contribution is 0.0156. The number of nitrogens with zero attached hydrogens (tertiary/aromatic N) is 2. The third-order valence-corrected chi connectivity index (χ3v) is 4.59. The molecule has 2 heterocycles. The molecule has 0 aliphatic carbocycles. The lowest BCUT2D eigenvalue weighted by Gasteiger charge is -2.21. The zero-order valence-electron chi connectivity index (χ0n) is 9.17. The van der Waals surface area contributed by atoms with E-state index in [1.165, 1.54) is 12.8 Å². The average molecular weight is 353 g/mol. The highest BCUT2D eigenvalue weighted by Crippen LogP contribution is 2.21. The highest BCUT2D eigenvalue weighted by molar-refractivity contribution is 14.1. The van der Waals surface area contributed by atoms with E-state index < -0.39 is 0 Å². The quantitative estimate of drug-likeness (QED) is 0.606. The molecule has 0 radical (unpaired) electrons. The molecule has 1 saturated heterocycles. The van der Waals surface area contributed by atoms with Gasteiger partial charge in [-0.25, -0.2) is 9.97 Å². The second-order valence-corrected chi connectivity index (χ2v) is 5.46. The zero-order valence-corrected chi connectivity index (χ0v) is 12.1. The molecule has 0 aromatic carbocycles. The smallest absolute Gasteiger partial charge is 0.146 e. The van der Waals surface area contributed by atoms with Crippen molar-refractivity contribution in [3.8, 4) is 0 Å². The van der Waals surface area contributed by atoms with Crippen molar-refractivity contribution >= 4 is 34.2 Å². The lowest BCUT2D eigenvalue weighted by atomic mass is 10.1. The van der Waals surface area contributed by atoms with Gasteiger partial charge in [0.05, 0.1) is 15.4 Å². The molecular formula is C11H14ClIN2O. The van der Waals surface area contributed by atoms with Crippen molar-refractivity contribution in [2.45, 2.75) is 38.7 Å². The summed E-state index contributed by atoms with van der Waals surface area (Å²) >= 11 is 8.21. The van der Waals surface area contributed by atoms with Crippen molar-refractivity contribution in [2.24, 2.45) is 0 Å². The first-order valence-corrected chi connectivity index (χ1v) is 6.92. The average Bonchev–Trinajstić information content (AvgIpc) is 2.27. The van der Waals surface area contributed by atoms with Crippen molar-refractivity contribution in [1.82, 2.24) is 9.97 Å². The van der Waals surface area contributed by atoms with Crippen molar-refractivity contribution in [2.75, 3.05) is 6.61 Å². The molecule has 0 saturated carbocycles. The predicted molar refractivity (Wildman–Crippen MR) is 71.8 cm³/mol. The Bertz CT molecular complexity index is 357. The molecule has 1 aromatic rings. The van der Waals surface area contributed by atoms with E-state index in [0.717, 1.165) is 34.5 Å². The summed E-state index contributed by atoms with van der Waals surface area (Å²) in [7, 11) is 0. The van der Waals surface area contributed by atoms with Gasteiger partial charge in [-0.2, -0.15) is 0 Å². The molecule has 1 atom stereocenters. The summed E-state index contributed by atoms with van der Waals surface area (Å²) in [6.45, 7) is 2.82. The van der Waals surface area contributed by atoms with Gasteiger partial charge < -0.3 is 4.74 Å². The second kappa shape index (κ2) is 5.60. The van der Waals surface area contributed by atoms with Gasteiger partial charge in [0.1, 0.15) is 11.0 Å². The summed E-state index contributed by atoms with van der Waals surface area (Å²) in [5.41, 5.74) is 0.950. The molecule has 0 bridgehead atoms. The van der Waals surface area contributed by atoms with Gasteiger partial charge in [0, 0.05) is 13.0 Å². The van der Waals surface area contributed by atoms with Crippen LogP contribution < -0.4 is 0 Å². The number of aromatic nitrogens is 2. The monoisotopic (exact) mass is 352 g/mol. The maximum Gasteiger partial charge on any atom is 0.146 e. The SMILES string of the molecule is Cc1nc(CC2CCCCO2)nc(Cl)c1I. The van der Waals surface area contributed by atoms with E-state index in [2.05, 4.69) is 32.6 Å². The first-order valence-electron chi connectivity index (χ1n) is 5.47. The minimum atomic E-state index is 0.268. The summed E-state index contributed by atoms with van der Waals surface area (Å²) < 4.78 is 6.60. The molecule has 0 spiro atoms. The molecule has 0 N–H and O–H groups in total. The van der Waals surface area contributed by atoms with Crippen LogP contribution in [0.15, 0.2) is 0 Å². The van der Waals surface area contributed by atoms with E-state index in [4.69, 9.17) is 16.3 Å². The van der Waals surface area contributed by atoms with Crippen LogP contribution in [0.25, 0.3) is 0 Å². The molecule has 0 amide bonds. The number of rotatable bonds is 2. The highest BCUT2D eigenvalue weighted by atomic mass is 127. The Morgan fingerprint density at radius 3 is 2.88 bits per heavy atom. The minimum absolute atomic E-state index is 0.268. The second-order valence-electron chi connectivity index (χ2n) is 4.02. The van der Waals surface area contributed by atoms with Crippen LogP contribution >= 0.6 is 34.2 Å². The van der Waals surface area contributed by atoms with Crippen LogP contribution in [0.5, 0.6) is 0 Å². The summed E-state index contributed by atoms with van der Waals surface area (Å²) in [6.07, 6.45) is 4.55. The lowest BCUT2D eigenvalue weighted by Crippen LogP contribution is -2.22. The van der Waals surface area contributed by atoms with Gasteiger partial charge in [0.25, 0.3) is 0 Å². The van der Waals surface area contributed by atoms with E-state index >= 15 is 0 Å². The van der Waals surface area contributed by atoms with Gasteiger partial charge in [-0.3, -0.25) is 0 Å². The molecule has 5 heteroatoms. The van der Waals surface area contributed by atoms with Crippen LogP contribution in [0.1, 0.15) is 30.8 Å². The van der Waals surface area contributed by atoms with E-state index in [1.54, 1.807) is 0 Å². The van der Waals surface area contributed by atoms with Gasteiger partial charge >= 0.3 is 0 Å². The standard InChI is InChI=1S/C11H14ClIN2O/c1-7-10(13)11(12)15-9(14-7)6-8-4-2-3-5-16-8/h8H,2-6H2,1H3. The van der Waals surface area contributed by atoms with Crippen LogP contribution in [0.2, 0.25) is 5.15 Å². The Kier molecular flexibility index (Phi) is 4.38. The van der Waals surface area contributed by atoms with Gasteiger partial charge in [0.2, 0.25) is 0 Å². The fraction of sp³-hybridized carbons (Fsp3) is 0.636. The summed E-state index contributed by atoms with van der Waals surface area (Å²) in [6, 6.07) is 0. The first kappa shape index (κ1) is 12.5. The van der Waals surface area contributed by atoms with Crippen LogP contribution in [0.3, 0.4) is 0 Å². The number of hydrogen-bond acceptors (Lipinski definition) is 3. The summed E-state index contributed by atoms with van der Waals surface area (Å²) in [5.74, 6) is 0.801. The van der Waals surface area contributed by atoms with E-state index in [0.29, 0.717) is 5.15 Å². The van der Waals surface area contributed by atoms with Gasteiger partial charge in [0.15, 0.2) is 0 Å². The van der Waals surface area contributed by atoms with Gasteiger partial charge in [-0.1, -0.05) is 11.6 Å². The molecule has 16 heavy (non-hydrogen) atoms. The predicted octanol–water partition coefficient (Wildman–Crippen LogP) is 3.15. The Morgan fingerprint density at radius 1 is 1.44 bits per heavy atom. The van der Waals surface area contributed by atoms with Gasteiger partial charge in [-0.05, 0) is 48.8 Å². The fourth-order valence-corrected chi connectivity index (χ4v) is 2.32. The highest BCUT2D eigenvalue weighted by Gasteiger charge is 2.17. The Labute approximate surface area is 114 Å². The van der Waals surface area contributed by atoms with Crippen molar-refractivity contribution < 1.29 is 4.74 Å². The first-order chi connectivity index (χ1) is 7.66. The molecule has 2 rings (SSSR count). The van der Waals surface area contributed by atoms with Crippen LogP contribution in [0.4, 0.5) is 0 Å². The molecule has 1 aliphatic rings. The van der Waals surface area contributed by atoms with E-state index in [-0.39, 0.29) is 6.10 Å². The van der Waals surface area contributed by atoms with E-state index in [9.17, 15) is 0 Å². The van der Waals surface area contributed by atoms with E-state index in [1.807, 2.05) is 6.92 Å². The van der Waals surface area contributed by atoms with Crippen molar-refractivity contribution in [3.63, 3.8) is 0 Å². The Balaban J connectivity index is 2.09. The topological polar surface area (TPSA) is 35.0 Å². The maximum atomic E-state index is 6.04. The molecule has 1 fully saturated rings. The van der Waals surface area contributed by atoms with Gasteiger partial charge in [-0.15, -0.1) is 0 Å². The third-order valence-electron chi connectivity index (χ3n) is 2.71. The number of hydrogen-bond donors (Lipinski definition) is 0. The van der Waals surface area contributed by atoms with Crippen LogP contribution in [-0.4, -0.2) is 22.7 Å². The van der Waals surface area contributed by atoms with Crippen molar-refractivity contribution in [3.05, 3.63) is 20.2 Å². The third kappa shape index (κ3) is 3.05. The number of aryl methyl sites for hydroxylation is 1. The normalized spacial score (nSPS) is 21.1. The number of ether oxygens (including phenoxy) is 1. The Morgan fingerprint density at radius 2 is 2.25 bits per heavy atom. The zero-order chi connectivity index (χ0) is 11.5. The molecular weight excluding hydrogens is 338 g/mol. The molecule has 88 valence electrons. The molecule has 1 aromatic heterocycles. The van der Waals surface area contributed by atoms with Crippen LogP contribution in [0, 0.1) is 10.5 Å². The summed E-state index contributed by atoms with van der Waals surface area (Å²) in [5, 5.41) is 0.555. The van der Waals surface area contributed by atoms with Crippen molar-refractivity contribution in [1.29, 1.82) is 0 Å².